The maximum absolute atomic E-state index is 12.5. The maximum atomic E-state index is 12.5. The molecular formula is C24H27F3N4O. The molecule has 170 valence electrons. The van der Waals surface area contributed by atoms with Crippen LogP contribution in [0.2, 0.25) is 0 Å². The number of fused-ring (bicyclic) bond motifs is 1. The standard InChI is InChI=1S/C24H27F3N4O/c1-15-12-18(14-23(2,3)13-15)31-20-7-5-4-6-19(20)30-22(31)29-17-10-8-16(9-11-17)28-21(32)24(25,26)27/h4-11,15,18H,12-14H2,1-3H3,(H,28,32)(H,29,30)/t15-,18+/m1/s1. The van der Waals surface area contributed by atoms with Crippen molar-refractivity contribution < 1.29 is 18.0 Å². The molecule has 5 nitrogen and oxygen atoms in total. The Labute approximate surface area is 185 Å². The van der Waals surface area contributed by atoms with Gasteiger partial charge in [0.15, 0.2) is 0 Å². The molecule has 0 aliphatic heterocycles. The number of para-hydroxylation sites is 2. The fraction of sp³-hybridized carbons (Fsp3) is 0.417. The summed E-state index contributed by atoms with van der Waals surface area (Å²) in [6.45, 7) is 6.89. The Kier molecular flexibility index (Phi) is 5.65. The Morgan fingerprint density at radius 3 is 2.38 bits per heavy atom. The van der Waals surface area contributed by atoms with Crippen LogP contribution in [0.4, 0.5) is 30.5 Å². The van der Waals surface area contributed by atoms with Crippen LogP contribution in [0.25, 0.3) is 11.0 Å². The minimum atomic E-state index is -4.92. The van der Waals surface area contributed by atoms with Gasteiger partial charge in [-0.25, -0.2) is 4.98 Å². The Balaban J connectivity index is 1.62. The van der Waals surface area contributed by atoms with Gasteiger partial charge >= 0.3 is 12.1 Å². The Bertz CT molecular complexity index is 1120. The molecule has 0 radical (unpaired) electrons. The molecule has 32 heavy (non-hydrogen) atoms. The first-order valence-electron chi connectivity index (χ1n) is 10.7. The van der Waals surface area contributed by atoms with Gasteiger partial charge in [-0.15, -0.1) is 0 Å². The Morgan fingerprint density at radius 2 is 1.72 bits per heavy atom. The summed E-state index contributed by atoms with van der Waals surface area (Å²) in [7, 11) is 0. The molecule has 1 saturated carbocycles. The van der Waals surface area contributed by atoms with Crippen LogP contribution in [0.3, 0.4) is 0 Å². The molecule has 1 amide bonds. The molecule has 2 aromatic carbocycles. The van der Waals surface area contributed by atoms with E-state index >= 15 is 0 Å². The number of aromatic nitrogens is 2. The third-order valence-corrected chi connectivity index (χ3v) is 5.98. The van der Waals surface area contributed by atoms with Crippen LogP contribution in [-0.4, -0.2) is 21.6 Å². The van der Waals surface area contributed by atoms with E-state index in [-0.39, 0.29) is 17.1 Å². The number of hydrogen-bond acceptors (Lipinski definition) is 3. The van der Waals surface area contributed by atoms with Crippen molar-refractivity contribution in [2.24, 2.45) is 11.3 Å². The van der Waals surface area contributed by atoms with Crippen LogP contribution in [0.1, 0.15) is 46.1 Å². The Morgan fingerprint density at radius 1 is 1.06 bits per heavy atom. The molecule has 1 heterocycles. The fourth-order valence-electron chi connectivity index (χ4n) is 4.96. The highest BCUT2D eigenvalue weighted by molar-refractivity contribution is 5.95. The maximum Gasteiger partial charge on any atom is 0.471 e. The van der Waals surface area contributed by atoms with E-state index in [1.165, 1.54) is 18.6 Å². The lowest BCUT2D eigenvalue weighted by molar-refractivity contribution is -0.167. The predicted octanol–water partition coefficient (Wildman–Crippen LogP) is 6.67. The van der Waals surface area contributed by atoms with Gasteiger partial charge in [-0.1, -0.05) is 32.9 Å². The zero-order chi connectivity index (χ0) is 23.1. The molecule has 0 unspecified atom stereocenters. The van der Waals surface area contributed by atoms with Crippen LogP contribution in [0.5, 0.6) is 0 Å². The molecule has 2 atom stereocenters. The third-order valence-electron chi connectivity index (χ3n) is 5.98. The number of carbonyl (C=O) groups excluding carboxylic acids is 1. The van der Waals surface area contributed by atoms with Gasteiger partial charge in [0, 0.05) is 17.4 Å². The van der Waals surface area contributed by atoms with Crippen LogP contribution >= 0.6 is 0 Å². The summed E-state index contributed by atoms with van der Waals surface area (Å²) in [5.41, 5.74) is 2.92. The van der Waals surface area contributed by atoms with E-state index in [9.17, 15) is 18.0 Å². The second-order valence-corrected chi connectivity index (χ2v) is 9.52. The molecule has 2 N–H and O–H groups in total. The predicted molar refractivity (Wildman–Crippen MR) is 120 cm³/mol. The van der Waals surface area contributed by atoms with Crippen molar-refractivity contribution in [3.8, 4) is 0 Å². The van der Waals surface area contributed by atoms with Crippen molar-refractivity contribution in [3.63, 3.8) is 0 Å². The van der Waals surface area contributed by atoms with Gasteiger partial charge in [0.25, 0.3) is 0 Å². The number of halogens is 3. The first-order valence-corrected chi connectivity index (χ1v) is 10.7. The molecule has 0 spiro atoms. The highest BCUT2D eigenvalue weighted by atomic mass is 19.4. The summed E-state index contributed by atoms with van der Waals surface area (Å²) in [6, 6.07) is 14.4. The second kappa shape index (κ2) is 8.15. The highest BCUT2D eigenvalue weighted by Crippen LogP contribution is 2.46. The van der Waals surface area contributed by atoms with Crippen molar-refractivity contribution >= 4 is 34.3 Å². The number of anilines is 3. The number of amides is 1. The SMILES string of the molecule is C[C@@H]1C[C@H](n2c(Nc3ccc(NC(=O)C(F)(F)F)cc3)nc3ccccc32)CC(C)(C)C1. The van der Waals surface area contributed by atoms with Gasteiger partial charge in [-0.3, -0.25) is 4.79 Å². The zero-order valence-corrected chi connectivity index (χ0v) is 18.3. The largest absolute Gasteiger partial charge is 0.471 e. The fourth-order valence-corrected chi connectivity index (χ4v) is 4.96. The van der Waals surface area contributed by atoms with Gasteiger partial charge in [0.1, 0.15) is 0 Å². The van der Waals surface area contributed by atoms with Crippen molar-refractivity contribution in [1.29, 1.82) is 0 Å². The monoisotopic (exact) mass is 444 g/mol. The van der Waals surface area contributed by atoms with Crippen LogP contribution in [0.15, 0.2) is 48.5 Å². The summed E-state index contributed by atoms with van der Waals surface area (Å²) in [6.07, 6.45) is -1.65. The summed E-state index contributed by atoms with van der Waals surface area (Å²) in [4.78, 5) is 15.9. The second-order valence-electron chi connectivity index (χ2n) is 9.52. The topological polar surface area (TPSA) is 59.0 Å². The first kappa shape index (κ1) is 22.2. The third kappa shape index (κ3) is 4.74. The van der Waals surface area contributed by atoms with E-state index in [0.717, 1.165) is 23.9 Å². The lowest BCUT2D eigenvalue weighted by atomic mass is 9.70. The number of alkyl halides is 3. The number of benzene rings is 2. The van der Waals surface area contributed by atoms with E-state index < -0.39 is 12.1 Å². The quantitative estimate of drug-likeness (QED) is 0.473. The average molecular weight is 445 g/mol. The number of imidazole rings is 1. The number of nitrogens with zero attached hydrogens (tertiary/aromatic N) is 2. The van der Waals surface area contributed by atoms with Gasteiger partial charge in [-0.05, 0) is 67.0 Å². The molecule has 4 rings (SSSR count). The van der Waals surface area contributed by atoms with Crippen molar-refractivity contribution in [3.05, 3.63) is 48.5 Å². The van der Waals surface area contributed by atoms with Gasteiger partial charge in [0.2, 0.25) is 5.95 Å². The highest BCUT2D eigenvalue weighted by Gasteiger charge is 2.38. The molecule has 1 aliphatic carbocycles. The minimum absolute atomic E-state index is 0.0780. The van der Waals surface area contributed by atoms with E-state index in [1.807, 2.05) is 23.5 Å². The van der Waals surface area contributed by atoms with Crippen molar-refractivity contribution in [1.82, 2.24) is 9.55 Å². The van der Waals surface area contributed by atoms with E-state index in [1.54, 1.807) is 12.1 Å². The summed E-state index contributed by atoms with van der Waals surface area (Å²) in [5, 5.41) is 5.19. The van der Waals surface area contributed by atoms with Crippen molar-refractivity contribution in [2.75, 3.05) is 10.6 Å². The zero-order valence-electron chi connectivity index (χ0n) is 18.3. The summed E-state index contributed by atoms with van der Waals surface area (Å²) < 4.78 is 39.7. The van der Waals surface area contributed by atoms with Gasteiger partial charge in [0.05, 0.1) is 11.0 Å². The number of nitrogens with one attached hydrogen (secondary N) is 2. The molecule has 3 aromatic rings. The van der Waals surface area contributed by atoms with Gasteiger partial charge < -0.3 is 15.2 Å². The summed E-state index contributed by atoms with van der Waals surface area (Å²) >= 11 is 0. The molecule has 8 heteroatoms. The molecule has 0 bridgehead atoms. The Hall–Kier alpha value is -3.03. The molecule has 1 aromatic heterocycles. The van der Waals surface area contributed by atoms with E-state index in [0.29, 0.717) is 17.6 Å². The normalized spacial score (nSPS) is 20.8. The number of hydrogen-bond donors (Lipinski definition) is 2. The molecular weight excluding hydrogens is 417 g/mol. The number of carbonyl (C=O) groups is 1. The van der Waals surface area contributed by atoms with Crippen molar-refractivity contribution in [2.45, 2.75) is 52.3 Å². The minimum Gasteiger partial charge on any atom is -0.326 e. The van der Waals surface area contributed by atoms with E-state index in [4.69, 9.17) is 4.98 Å². The van der Waals surface area contributed by atoms with Crippen LogP contribution in [-0.2, 0) is 4.79 Å². The lowest BCUT2D eigenvalue weighted by Crippen LogP contribution is -2.30. The van der Waals surface area contributed by atoms with Gasteiger partial charge in [-0.2, -0.15) is 13.2 Å². The smallest absolute Gasteiger partial charge is 0.326 e. The first-order chi connectivity index (χ1) is 15.0. The molecule has 1 fully saturated rings. The van der Waals surface area contributed by atoms with E-state index in [2.05, 4.69) is 36.7 Å². The average Bonchev–Trinajstić information content (AvgIpc) is 3.05. The molecule has 1 aliphatic rings. The van der Waals surface area contributed by atoms with Crippen LogP contribution in [0, 0.1) is 11.3 Å². The number of rotatable bonds is 4. The molecule has 0 saturated heterocycles. The van der Waals surface area contributed by atoms with Crippen LogP contribution < -0.4 is 10.6 Å². The lowest BCUT2D eigenvalue weighted by Gasteiger charge is -2.40. The summed E-state index contributed by atoms with van der Waals surface area (Å²) in [5.74, 6) is -0.698.